The number of hydrogen-bond acceptors (Lipinski definition) is 2. The number of nitriles is 1. The van der Waals surface area contributed by atoms with Gasteiger partial charge in [0.1, 0.15) is 6.04 Å². The number of nitrogens with two attached hydrogens (primary N) is 1. The molecule has 0 radical (unpaired) electrons. The summed E-state index contributed by atoms with van der Waals surface area (Å²) < 4.78 is 36.7. The van der Waals surface area contributed by atoms with Crippen molar-refractivity contribution in [1.29, 1.82) is 5.26 Å². The molecule has 14 heavy (non-hydrogen) atoms. The van der Waals surface area contributed by atoms with Gasteiger partial charge in [-0.2, -0.15) is 18.4 Å². The fourth-order valence-corrected chi connectivity index (χ4v) is 1.05. The van der Waals surface area contributed by atoms with Crippen LogP contribution < -0.4 is 5.73 Å². The number of benzene rings is 1. The van der Waals surface area contributed by atoms with Gasteiger partial charge in [-0.3, -0.25) is 0 Å². The van der Waals surface area contributed by atoms with E-state index in [-0.39, 0.29) is 11.1 Å². The summed E-state index contributed by atoms with van der Waals surface area (Å²) in [5.74, 6) is 0. The van der Waals surface area contributed by atoms with Gasteiger partial charge < -0.3 is 5.73 Å². The molecule has 0 saturated heterocycles. The van der Waals surface area contributed by atoms with Gasteiger partial charge in [-0.05, 0) is 11.6 Å². The maximum Gasteiger partial charge on any atom is 0.407 e. The summed E-state index contributed by atoms with van der Waals surface area (Å²) in [5, 5.41) is 8.56. The molecule has 0 aliphatic heterocycles. The van der Waals surface area contributed by atoms with Crippen LogP contribution in [0, 0.1) is 11.3 Å². The molecule has 0 heterocycles. The Morgan fingerprint density at radius 3 is 2.36 bits per heavy atom. The molecule has 5 heteroatoms. The Hall–Kier alpha value is -1.54. The van der Waals surface area contributed by atoms with Gasteiger partial charge in [0, 0.05) is 0 Å². The van der Waals surface area contributed by atoms with Crippen molar-refractivity contribution in [3.8, 4) is 6.07 Å². The van der Waals surface area contributed by atoms with Gasteiger partial charge in [0.2, 0.25) is 0 Å². The summed E-state index contributed by atoms with van der Waals surface area (Å²) in [7, 11) is 0. The molecule has 1 aromatic carbocycles. The molecular formula is C9H7F3N2. The summed E-state index contributed by atoms with van der Waals surface area (Å²) in [6, 6.07) is 4.99. The molecule has 1 aromatic rings. The summed E-state index contributed by atoms with van der Waals surface area (Å²) in [4.78, 5) is 0. The zero-order chi connectivity index (χ0) is 10.8. The van der Waals surface area contributed by atoms with Crippen molar-refractivity contribution in [1.82, 2.24) is 0 Å². The third-order valence-corrected chi connectivity index (χ3v) is 1.77. The molecule has 0 aliphatic rings. The van der Waals surface area contributed by atoms with Crippen molar-refractivity contribution in [3.05, 3.63) is 35.4 Å². The summed E-state index contributed by atoms with van der Waals surface area (Å²) in [6.07, 6.45) is -4.52. The molecule has 0 spiro atoms. The fraction of sp³-hybridized carbons (Fsp3) is 0.222. The lowest BCUT2D eigenvalue weighted by molar-refractivity contribution is -0.149. The van der Waals surface area contributed by atoms with Crippen molar-refractivity contribution < 1.29 is 13.2 Å². The highest BCUT2D eigenvalue weighted by molar-refractivity contribution is 5.39. The van der Waals surface area contributed by atoms with E-state index in [0.29, 0.717) is 0 Å². The van der Waals surface area contributed by atoms with Gasteiger partial charge >= 0.3 is 6.18 Å². The molecular weight excluding hydrogens is 193 g/mol. The lowest BCUT2D eigenvalue weighted by Gasteiger charge is -2.16. The minimum Gasteiger partial charge on any atom is -0.316 e. The topological polar surface area (TPSA) is 49.8 Å². The molecule has 1 atom stereocenters. The van der Waals surface area contributed by atoms with Crippen LogP contribution in [0.5, 0.6) is 0 Å². The third kappa shape index (κ3) is 2.03. The molecule has 0 fully saturated rings. The van der Waals surface area contributed by atoms with Crippen LogP contribution in [-0.2, 0) is 0 Å². The predicted octanol–water partition coefficient (Wildman–Crippen LogP) is 2.12. The molecule has 1 rings (SSSR count). The first-order chi connectivity index (χ1) is 6.46. The summed E-state index contributed by atoms with van der Waals surface area (Å²) in [6.45, 7) is 0. The average Bonchev–Trinajstić information content (AvgIpc) is 2.15. The Labute approximate surface area is 78.8 Å². The molecule has 0 unspecified atom stereocenters. The van der Waals surface area contributed by atoms with E-state index >= 15 is 0 Å². The Balaban J connectivity index is 3.14. The molecule has 0 aromatic heterocycles. The van der Waals surface area contributed by atoms with Gasteiger partial charge in [-0.1, -0.05) is 18.2 Å². The SMILES string of the molecule is N#Cc1ccccc1[C@H](N)C(F)(F)F. The minimum absolute atomic E-state index is 0.0441. The van der Waals surface area contributed by atoms with Crippen molar-refractivity contribution >= 4 is 0 Å². The summed E-state index contributed by atoms with van der Waals surface area (Å²) >= 11 is 0. The van der Waals surface area contributed by atoms with Crippen LogP contribution in [0.25, 0.3) is 0 Å². The lowest BCUT2D eigenvalue weighted by Crippen LogP contribution is -2.29. The van der Waals surface area contributed by atoms with Gasteiger partial charge in [0.25, 0.3) is 0 Å². The number of alkyl halides is 3. The van der Waals surface area contributed by atoms with Crippen LogP contribution >= 0.6 is 0 Å². The predicted molar refractivity (Wildman–Crippen MR) is 44.1 cm³/mol. The van der Waals surface area contributed by atoms with Gasteiger partial charge in [0.05, 0.1) is 11.6 Å². The molecule has 0 bridgehead atoms. The van der Waals surface area contributed by atoms with Gasteiger partial charge in [0.15, 0.2) is 0 Å². The first-order valence-electron chi connectivity index (χ1n) is 3.78. The maximum absolute atomic E-state index is 12.2. The van der Waals surface area contributed by atoms with E-state index in [9.17, 15) is 13.2 Å². The molecule has 0 amide bonds. The molecule has 74 valence electrons. The highest BCUT2D eigenvalue weighted by Gasteiger charge is 2.38. The first kappa shape index (κ1) is 10.5. The number of rotatable bonds is 1. The van der Waals surface area contributed by atoms with Crippen LogP contribution in [0.4, 0.5) is 13.2 Å². The second-order valence-corrected chi connectivity index (χ2v) is 2.72. The average molecular weight is 200 g/mol. The van der Waals surface area contributed by atoms with E-state index in [4.69, 9.17) is 11.0 Å². The van der Waals surface area contributed by atoms with E-state index < -0.39 is 12.2 Å². The fourth-order valence-electron chi connectivity index (χ4n) is 1.05. The zero-order valence-electron chi connectivity index (χ0n) is 7.05. The number of nitrogens with zero attached hydrogens (tertiary/aromatic N) is 1. The van der Waals surface area contributed by atoms with Gasteiger partial charge in [-0.15, -0.1) is 0 Å². The van der Waals surface area contributed by atoms with Crippen LogP contribution in [0.3, 0.4) is 0 Å². The van der Waals surface area contributed by atoms with Gasteiger partial charge in [-0.25, -0.2) is 0 Å². The third-order valence-electron chi connectivity index (χ3n) is 1.77. The van der Waals surface area contributed by atoms with E-state index in [1.165, 1.54) is 24.3 Å². The van der Waals surface area contributed by atoms with Crippen molar-refractivity contribution in [3.63, 3.8) is 0 Å². The largest absolute Gasteiger partial charge is 0.407 e. The maximum atomic E-state index is 12.2. The van der Waals surface area contributed by atoms with Crippen molar-refractivity contribution in [2.24, 2.45) is 5.73 Å². The number of halogens is 3. The normalized spacial score (nSPS) is 13.4. The highest BCUT2D eigenvalue weighted by Crippen LogP contribution is 2.31. The van der Waals surface area contributed by atoms with Crippen LogP contribution in [0.1, 0.15) is 17.2 Å². The van der Waals surface area contributed by atoms with Crippen LogP contribution in [-0.4, -0.2) is 6.18 Å². The lowest BCUT2D eigenvalue weighted by atomic mass is 10.0. The van der Waals surface area contributed by atoms with Crippen molar-refractivity contribution in [2.45, 2.75) is 12.2 Å². The highest BCUT2D eigenvalue weighted by atomic mass is 19.4. The molecule has 2 N–H and O–H groups in total. The monoisotopic (exact) mass is 200 g/mol. The van der Waals surface area contributed by atoms with E-state index in [1.54, 1.807) is 6.07 Å². The summed E-state index contributed by atoms with van der Waals surface area (Å²) in [5.41, 5.74) is 4.74. The molecule has 0 aliphatic carbocycles. The Morgan fingerprint density at radius 2 is 1.86 bits per heavy atom. The zero-order valence-corrected chi connectivity index (χ0v) is 7.05. The smallest absolute Gasteiger partial charge is 0.316 e. The first-order valence-corrected chi connectivity index (χ1v) is 3.78. The number of hydrogen-bond donors (Lipinski definition) is 1. The Kier molecular flexibility index (Phi) is 2.77. The Morgan fingerprint density at radius 1 is 1.29 bits per heavy atom. The Bertz CT molecular complexity index is 365. The second kappa shape index (κ2) is 3.68. The standard InChI is InChI=1S/C9H7F3N2/c10-9(11,12)8(14)7-4-2-1-3-6(7)5-13/h1-4,8H,14H2/t8-/m0/s1. The van der Waals surface area contributed by atoms with E-state index in [1.807, 2.05) is 0 Å². The van der Waals surface area contributed by atoms with E-state index in [2.05, 4.69) is 0 Å². The minimum atomic E-state index is -4.52. The molecule has 0 saturated carbocycles. The second-order valence-electron chi connectivity index (χ2n) is 2.72. The quantitative estimate of drug-likeness (QED) is 0.754. The van der Waals surface area contributed by atoms with Crippen LogP contribution in [0.15, 0.2) is 24.3 Å². The van der Waals surface area contributed by atoms with E-state index in [0.717, 1.165) is 0 Å². The van der Waals surface area contributed by atoms with Crippen LogP contribution in [0.2, 0.25) is 0 Å². The van der Waals surface area contributed by atoms with Crippen molar-refractivity contribution in [2.75, 3.05) is 0 Å². The molecule has 2 nitrogen and oxygen atoms in total.